The smallest absolute Gasteiger partial charge is 0.387 e. The van der Waals surface area contributed by atoms with E-state index in [1.807, 2.05) is 30.3 Å². The van der Waals surface area contributed by atoms with Crippen molar-refractivity contribution in [2.24, 2.45) is 0 Å². The Morgan fingerprint density at radius 1 is 1.14 bits per heavy atom. The second kappa shape index (κ2) is 6.75. The van der Waals surface area contributed by atoms with Crippen LogP contribution in [-0.2, 0) is 13.0 Å². The molecule has 1 N–H and O–H groups in total. The molecule has 1 atom stereocenters. The van der Waals surface area contributed by atoms with Crippen LogP contribution in [0.25, 0.3) is 0 Å². The highest BCUT2D eigenvalue weighted by Gasteiger charge is 2.19. The van der Waals surface area contributed by atoms with Gasteiger partial charge in [0.15, 0.2) is 0 Å². The van der Waals surface area contributed by atoms with Gasteiger partial charge >= 0.3 is 6.61 Å². The Balaban J connectivity index is 1.62. The number of hydrogen-bond donors (Lipinski definition) is 1. The maximum Gasteiger partial charge on any atom is 0.387 e. The first-order valence-corrected chi connectivity index (χ1v) is 7.19. The van der Waals surface area contributed by atoms with E-state index in [4.69, 9.17) is 4.74 Å². The van der Waals surface area contributed by atoms with E-state index in [1.54, 1.807) is 18.2 Å². The molecule has 1 heterocycles. The number of fused-ring (bicyclic) bond motifs is 1. The summed E-state index contributed by atoms with van der Waals surface area (Å²) in [5.41, 5.74) is 1.87. The van der Waals surface area contributed by atoms with E-state index in [1.165, 1.54) is 0 Å². The Morgan fingerprint density at radius 2 is 1.91 bits per heavy atom. The number of benzene rings is 2. The lowest BCUT2D eigenvalue weighted by molar-refractivity contribution is -0.0505. The monoisotopic (exact) mass is 305 g/mol. The van der Waals surface area contributed by atoms with Gasteiger partial charge < -0.3 is 14.8 Å². The zero-order valence-corrected chi connectivity index (χ0v) is 12.0. The minimum absolute atomic E-state index is 0.148. The summed E-state index contributed by atoms with van der Waals surface area (Å²) >= 11 is 0. The third kappa shape index (κ3) is 3.54. The fourth-order valence-electron chi connectivity index (χ4n) is 2.57. The molecule has 0 aliphatic carbocycles. The van der Waals surface area contributed by atoms with E-state index < -0.39 is 6.61 Å². The highest BCUT2D eigenvalue weighted by atomic mass is 19.3. The minimum atomic E-state index is -2.81. The Labute approximate surface area is 127 Å². The van der Waals surface area contributed by atoms with E-state index in [9.17, 15) is 8.78 Å². The van der Waals surface area contributed by atoms with Crippen LogP contribution in [0.2, 0.25) is 0 Å². The van der Waals surface area contributed by atoms with Crippen LogP contribution in [0, 0.1) is 0 Å². The van der Waals surface area contributed by atoms with Crippen LogP contribution in [0.5, 0.6) is 11.5 Å². The molecule has 3 rings (SSSR count). The first-order valence-electron chi connectivity index (χ1n) is 7.19. The first-order chi connectivity index (χ1) is 10.7. The molecule has 3 nitrogen and oxygen atoms in total. The molecule has 0 bridgehead atoms. The van der Waals surface area contributed by atoms with Gasteiger partial charge in [-0.2, -0.15) is 8.78 Å². The molecule has 0 fully saturated rings. The lowest BCUT2D eigenvalue weighted by atomic mass is 10.0. The minimum Gasteiger partial charge on any atom is -0.492 e. The van der Waals surface area contributed by atoms with E-state index >= 15 is 0 Å². The van der Waals surface area contributed by atoms with Crippen molar-refractivity contribution in [3.63, 3.8) is 0 Å². The van der Waals surface area contributed by atoms with Crippen molar-refractivity contribution in [3.8, 4) is 11.5 Å². The second-order valence-corrected chi connectivity index (χ2v) is 5.19. The van der Waals surface area contributed by atoms with Crippen LogP contribution >= 0.6 is 0 Å². The Morgan fingerprint density at radius 3 is 2.77 bits per heavy atom. The molecular formula is C17H17F2NO2. The van der Waals surface area contributed by atoms with Gasteiger partial charge in [0, 0.05) is 18.2 Å². The zero-order valence-electron chi connectivity index (χ0n) is 12.0. The zero-order chi connectivity index (χ0) is 15.4. The van der Waals surface area contributed by atoms with E-state index in [0.29, 0.717) is 18.7 Å². The predicted molar refractivity (Wildman–Crippen MR) is 79.3 cm³/mol. The summed E-state index contributed by atoms with van der Waals surface area (Å²) in [5.74, 6) is 1.13. The SMILES string of the molecule is FC(F)Oc1ccccc1CNC1COc2ccccc2C1. The normalized spacial score (nSPS) is 17.0. The topological polar surface area (TPSA) is 30.5 Å². The van der Waals surface area contributed by atoms with Crippen molar-refractivity contribution in [2.45, 2.75) is 25.6 Å². The number of ether oxygens (including phenoxy) is 2. The van der Waals surface area contributed by atoms with Crippen LogP contribution in [0.15, 0.2) is 48.5 Å². The summed E-state index contributed by atoms with van der Waals surface area (Å²) < 4.78 is 35.0. The van der Waals surface area contributed by atoms with Crippen LogP contribution in [0.3, 0.4) is 0 Å². The number of para-hydroxylation sites is 2. The standard InChI is InChI=1S/C17H17F2NO2/c18-17(19)22-16-8-4-2-6-13(16)10-20-14-9-12-5-1-3-7-15(12)21-11-14/h1-8,14,17,20H,9-11H2. The molecule has 1 unspecified atom stereocenters. The van der Waals surface area contributed by atoms with Gasteiger partial charge in [0.05, 0.1) is 0 Å². The molecular weight excluding hydrogens is 288 g/mol. The van der Waals surface area contributed by atoms with Crippen molar-refractivity contribution < 1.29 is 18.3 Å². The number of alkyl halides is 2. The molecule has 2 aromatic rings. The first kappa shape index (κ1) is 14.8. The van der Waals surface area contributed by atoms with Gasteiger partial charge in [-0.25, -0.2) is 0 Å². The summed E-state index contributed by atoms with van der Waals surface area (Å²) in [5, 5.41) is 3.34. The Hall–Kier alpha value is -2.14. The molecule has 5 heteroatoms. The summed E-state index contributed by atoms with van der Waals surface area (Å²) in [4.78, 5) is 0. The maximum absolute atomic E-state index is 12.4. The van der Waals surface area contributed by atoms with Crippen molar-refractivity contribution in [1.29, 1.82) is 0 Å². The molecule has 0 amide bonds. The molecule has 0 saturated carbocycles. The van der Waals surface area contributed by atoms with Crippen molar-refractivity contribution in [1.82, 2.24) is 5.32 Å². The van der Waals surface area contributed by atoms with Crippen LogP contribution in [-0.4, -0.2) is 19.3 Å². The molecule has 0 aromatic heterocycles. The number of rotatable bonds is 5. The average Bonchev–Trinajstić information content (AvgIpc) is 2.53. The van der Waals surface area contributed by atoms with Crippen LogP contribution in [0.1, 0.15) is 11.1 Å². The third-order valence-corrected chi connectivity index (χ3v) is 3.65. The molecule has 1 aliphatic rings. The number of halogens is 2. The van der Waals surface area contributed by atoms with E-state index in [0.717, 1.165) is 17.7 Å². The summed E-state index contributed by atoms with van der Waals surface area (Å²) in [7, 11) is 0. The largest absolute Gasteiger partial charge is 0.492 e. The van der Waals surface area contributed by atoms with Gasteiger partial charge in [0.1, 0.15) is 18.1 Å². The van der Waals surface area contributed by atoms with Gasteiger partial charge in [0.25, 0.3) is 0 Å². The summed E-state index contributed by atoms with van der Waals surface area (Å²) in [6, 6.07) is 14.9. The molecule has 0 saturated heterocycles. The Kier molecular flexibility index (Phi) is 4.53. The van der Waals surface area contributed by atoms with Crippen molar-refractivity contribution in [2.75, 3.05) is 6.61 Å². The summed E-state index contributed by atoms with van der Waals surface area (Å²) in [6.45, 7) is -1.79. The fourth-order valence-corrected chi connectivity index (χ4v) is 2.57. The van der Waals surface area contributed by atoms with Crippen LogP contribution < -0.4 is 14.8 Å². The van der Waals surface area contributed by atoms with Gasteiger partial charge in [-0.15, -0.1) is 0 Å². The molecule has 2 aromatic carbocycles. The quantitative estimate of drug-likeness (QED) is 0.918. The Bertz CT molecular complexity index is 634. The molecule has 22 heavy (non-hydrogen) atoms. The highest BCUT2D eigenvalue weighted by molar-refractivity contribution is 5.36. The van der Waals surface area contributed by atoms with Crippen molar-refractivity contribution in [3.05, 3.63) is 59.7 Å². The predicted octanol–water partition coefficient (Wildman–Crippen LogP) is 3.38. The highest BCUT2D eigenvalue weighted by Crippen LogP contribution is 2.25. The van der Waals surface area contributed by atoms with Gasteiger partial charge in [-0.05, 0) is 24.1 Å². The van der Waals surface area contributed by atoms with E-state index in [-0.39, 0.29) is 11.8 Å². The molecule has 0 spiro atoms. The van der Waals surface area contributed by atoms with Gasteiger partial charge in [-0.1, -0.05) is 36.4 Å². The van der Waals surface area contributed by atoms with E-state index in [2.05, 4.69) is 10.1 Å². The molecule has 0 radical (unpaired) electrons. The third-order valence-electron chi connectivity index (χ3n) is 3.65. The molecule has 1 aliphatic heterocycles. The van der Waals surface area contributed by atoms with Gasteiger partial charge in [-0.3, -0.25) is 0 Å². The maximum atomic E-state index is 12.4. The van der Waals surface area contributed by atoms with Crippen molar-refractivity contribution >= 4 is 0 Å². The second-order valence-electron chi connectivity index (χ2n) is 5.19. The summed E-state index contributed by atoms with van der Waals surface area (Å²) in [6.07, 6.45) is 0.855. The van der Waals surface area contributed by atoms with Gasteiger partial charge in [0.2, 0.25) is 0 Å². The fraction of sp³-hybridized carbons (Fsp3) is 0.294. The lowest BCUT2D eigenvalue weighted by Crippen LogP contribution is -2.38. The number of nitrogens with one attached hydrogen (secondary N) is 1. The number of hydrogen-bond acceptors (Lipinski definition) is 3. The van der Waals surface area contributed by atoms with Crippen LogP contribution in [0.4, 0.5) is 8.78 Å². The lowest BCUT2D eigenvalue weighted by Gasteiger charge is -2.26. The average molecular weight is 305 g/mol. The molecule has 116 valence electrons.